The van der Waals surface area contributed by atoms with Crippen molar-refractivity contribution in [3.05, 3.63) is 29.3 Å². The summed E-state index contributed by atoms with van der Waals surface area (Å²) in [5, 5.41) is 3.22. The summed E-state index contributed by atoms with van der Waals surface area (Å²) in [4.78, 5) is 11.4. The lowest BCUT2D eigenvalue weighted by Crippen LogP contribution is -2.51. The number of carbonyl (C=O) groups is 1. The minimum absolute atomic E-state index is 0.0148. The Bertz CT molecular complexity index is 472. The Morgan fingerprint density at radius 1 is 1.40 bits per heavy atom. The predicted octanol–water partition coefficient (Wildman–Crippen LogP) is 1.76. The molecule has 0 aromatic heterocycles. The van der Waals surface area contributed by atoms with Gasteiger partial charge in [-0.2, -0.15) is 0 Å². The normalized spacial score (nSPS) is 13.1. The van der Waals surface area contributed by atoms with Crippen molar-refractivity contribution in [3.63, 3.8) is 0 Å². The lowest BCUT2D eigenvalue weighted by Gasteiger charge is -2.27. The number of nitrogens with one attached hydrogen (secondary N) is 1. The molecular formula is C15H24N2O3. The molecule has 0 spiro atoms. The maximum absolute atomic E-state index is 11.4. The molecule has 1 amide bonds. The zero-order chi connectivity index (χ0) is 15.3. The van der Waals surface area contributed by atoms with Gasteiger partial charge >= 0.3 is 0 Å². The van der Waals surface area contributed by atoms with Gasteiger partial charge in [0.15, 0.2) is 0 Å². The molecule has 1 aromatic carbocycles. The fraction of sp³-hybridized carbons (Fsp3) is 0.533. The van der Waals surface area contributed by atoms with Crippen molar-refractivity contribution < 1.29 is 14.3 Å². The van der Waals surface area contributed by atoms with E-state index in [4.69, 9.17) is 15.2 Å². The van der Waals surface area contributed by atoms with Gasteiger partial charge < -0.3 is 15.2 Å². The topological polar surface area (TPSA) is 73.6 Å². The number of primary amides is 1. The van der Waals surface area contributed by atoms with Crippen LogP contribution < -0.4 is 15.8 Å². The minimum Gasteiger partial charge on any atom is -0.496 e. The highest BCUT2D eigenvalue weighted by Crippen LogP contribution is 2.25. The Kier molecular flexibility index (Phi) is 5.53. The van der Waals surface area contributed by atoms with E-state index in [-0.39, 0.29) is 11.9 Å². The van der Waals surface area contributed by atoms with Gasteiger partial charge in [0.25, 0.3) is 0 Å². The number of rotatable bonds is 7. The molecule has 3 N–H and O–H groups in total. The number of carbonyl (C=O) groups excluding carboxylic acids is 1. The third kappa shape index (κ3) is 3.95. The first kappa shape index (κ1) is 16.5. The Morgan fingerprint density at radius 2 is 2.05 bits per heavy atom. The number of benzene rings is 1. The SMILES string of the molecule is COCc1cc(C(C)NC(C)(C)C(N)=O)ccc1OC. The van der Waals surface area contributed by atoms with Crippen LogP contribution in [0.15, 0.2) is 18.2 Å². The maximum atomic E-state index is 11.4. The van der Waals surface area contributed by atoms with Gasteiger partial charge in [0, 0.05) is 18.7 Å². The molecule has 1 aromatic rings. The minimum atomic E-state index is -0.763. The molecule has 1 atom stereocenters. The molecule has 0 fully saturated rings. The molecule has 0 aliphatic carbocycles. The highest BCUT2D eigenvalue weighted by molar-refractivity contribution is 5.83. The molecule has 5 nitrogen and oxygen atoms in total. The summed E-state index contributed by atoms with van der Waals surface area (Å²) in [5.41, 5.74) is 6.63. The molecule has 0 aliphatic heterocycles. The summed E-state index contributed by atoms with van der Waals surface area (Å²) < 4.78 is 10.5. The lowest BCUT2D eigenvalue weighted by molar-refractivity contribution is -0.123. The molecule has 0 saturated heterocycles. The van der Waals surface area contributed by atoms with Crippen molar-refractivity contribution >= 4 is 5.91 Å². The van der Waals surface area contributed by atoms with Crippen LogP contribution in [-0.4, -0.2) is 25.7 Å². The number of nitrogens with two attached hydrogens (primary N) is 1. The summed E-state index contributed by atoms with van der Waals surface area (Å²) >= 11 is 0. The largest absolute Gasteiger partial charge is 0.496 e. The molecule has 112 valence electrons. The van der Waals surface area contributed by atoms with Crippen LogP contribution in [0.1, 0.15) is 37.9 Å². The number of hydrogen-bond donors (Lipinski definition) is 2. The van der Waals surface area contributed by atoms with Crippen LogP contribution in [0.3, 0.4) is 0 Å². The zero-order valence-corrected chi connectivity index (χ0v) is 12.8. The Labute approximate surface area is 120 Å². The lowest BCUT2D eigenvalue weighted by atomic mass is 9.99. The average molecular weight is 280 g/mol. The van der Waals surface area contributed by atoms with E-state index in [1.807, 2.05) is 25.1 Å². The van der Waals surface area contributed by atoms with Crippen molar-refractivity contribution in [1.82, 2.24) is 5.32 Å². The summed E-state index contributed by atoms with van der Waals surface area (Å²) in [5.74, 6) is 0.409. The first-order valence-corrected chi connectivity index (χ1v) is 6.55. The number of ether oxygens (including phenoxy) is 2. The van der Waals surface area contributed by atoms with Gasteiger partial charge in [0.2, 0.25) is 5.91 Å². The Balaban J connectivity index is 2.96. The third-order valence-electron chi connectivity index (χ3n) is 3.30. The molecule has 5 heteroatoms. The monoisotopic (exact) mass is 280 g/mol. The Morgan fingerprint density at radius 3 is 2.55 bits per heavy atom. The van der Waals surface area contributed by atoms with E-state index >= 15 is 0 Å². The summed E-state index contributed by atoms with van der Waals surface area (Å²) in [7, 11) is 3.27. The highest BCUT2D eigenvalue weighted by Gasteiger charge is 2.26. The molecule has 0 saturated carbocycles. The van der Waals surface area contributed by atoms with Crippen LogP contribution >= 0.6 is 0 Å². The maximum Gasteiger partial charge on any atom is 0.237 e. The van der Waals surface area contributed by atoms with Crippen molar-refractivity contribution in [1.29, 1.82) is 0 Å². The molecule has 1 unspecified atom stereocenters. The average Bonchev–Trinajstić information content (AvgIpc) is 2.38. The van der Waals surface area contributed by atoms with Gasteiger partial charge in [0.1, 0.15) is 5.75 Å². The van der Waals surface area contributed by atoms with Gasteiger partial charge in [-0.25, -0.2) is 0 Å². The van der Waals surface area contributed by atoms with E-state index in [1.54, 1.807) is 28.1 Å². The van der Waals surface area contributed by atoms with Crippen LogP contribution in [0.2, 0.25) is 0 Å². The van der Waals surface area contributed by atoms with Crippen LogP contribution in [-0.2, 0) is 16.1 Å². The van der Waals surface area contributed by atoms with E-state index in [2.05, 4.69) is 5.32 Å². The number of hydrogen-bond acceptors (Lipinski definition) is 4. The van der Waals surface area contributed by atoms with Crippen molar-refractivity contribution in [2.45, 2.75) is 39.0 Å². The molecule has 0 radical (unpaired) electrons. The fourth-order valence-corrected chi connectivity index (χ4v) is 2.03. The molecule has 0 aliphatic rings. The van der Waals surface area contributed by atoms with Crippen molar-refractivity contribution in [2.75, 3.05) is 14.2 Å². The van der Waals surface area contributed by atoms with E-state index in [0.717, 1.165) is 16.9 Å². The van der Waals surface area contributed by atoms with E-state index < -0.39 is 5.54 Å². The summed E-state index contributed by atoms with van der Waals surface area (Å²) in [6, 6.07) is 5.86. The summed E-state index contributed by atoms with van der Waals surface area (Å²) in [6.07, 6.45) is 0. The second kappa shape index (κ2) is 6.72. The second-order valence-electron chi connectivity index (χ2n) is 5.36. The third-order valence-corrected chi connectivity index (χ3v) is 3.30. The van der Waals surface area contributed by atoms with E-state index in [0.29, 0.717) is 6.61 Å². The summed E-state index contributed by atoms with van der Waals surface area (Å²) in [6.45, 7) is 6.00. The van der Waals surface area contributed by atoms with Gasteiger partial charge in [-0.15, -0.1) is 0 Å². The van der Waals surface area contributed by atoms with Gasteiger partial charge in [0.05, 0.1) is 19.3 Å². The molecule has 20 heavy (non-hydrogen) atoms. The van der Waals surface area contributed by atoms with Crippen molar-refractivity contribution in [3.8, 4) is 5.75 Å². The first-order valence-electron chi connectivity index (χ1n) is 6.55. The smallest absolute Gasteiger partial charge is 0.237 e. The standard InChI is InChI=1S/C15H24N2O3/c1-10(17-15(2,3)14(16)18)11-6-7-13(20-5)12(8-11)9-19-4/h6-8,10,17H,9H2,1-5H3,(H2,16,18). The number of amides is 1. The molecular weight excluding hydrogens is 256 g/mol. The van der Waals surface area contributed by atoms with Gasteiger partial charge in [-0.05, 0) is 38.5 Å². The highest BCUT2D eigenvalue weighted by atomic mass is 16.5. The quantitative estimate of drug-likeness (QED) is 0.798. The first-order chi connectivity index (χ1) is 9.31. The fourth-order valence-electron chi connectivity index (χ4n) is 2.03. The van der Waals surface area contributed by atoms with Gasteiger partial charge in [-0.1, -0.05) is 6.07 Å². The molecule has 1 rings (SSSR count). The van der Waals surface area contributed by atoms with E-state index in [9.17, 15) is 4.79 Å². The van der Waals surface area contributed by atoms with Crippen molar-refractivity contribution in [2.24, 2.45) is 5.73 Å². The molecule has 0 bridgehead atoms. The van der Waals surface area contributed by atoms with Crippen LogP contribution in [0.5, 0.6) is 5.75 Å². The predicted molar refractivity (Wildman–Crippen MR) is 78.5 cm³/mol. The zero-order valence-electron chi connectivity index (χ0n) is 12.8. The molecule has 0 heterocycles. The number of methoxy groups -OCH3 is 2. The van der Waals surface area contributed by atoms with Crippen LogP contribution in [0.25, 0.3) is 0 Å². The van der Waals surface area contributed by atoms with Crippen LogP contribution in [0.4, 0.5) is 0 Å². The second-order valence-corrected chi connectivity index (χ2v) is 5.36. The van der Waals surface area contributed by atoms with Gasteiger partial charge in [-0.3, -0.25) is 10.1 Å². The van der Waals surface area contributed by atoms with Crippen LogP contribution in [0, 0.1) is 0 Å². The Hall–Kier alpha value is -1.59. The van der Waals surface area contributed by atoms with E-state index in [1.165, 1.54) is 0 Å².